The molecule has 0 aliphatic carbocycles. The summed E-state index contributed by atoms with van der Waals surface area (Å²) < 4.78 is 12.4. The molecule has 0 saturated heterocycles. The van der Waals surface area contributed by atoms with Crippen molar-refractivity contribution in [2.24, 2.45) is 0 Å². The highest BCUT2D eigenvalue weighted by atomic mass is 79.9. The normalized spacial score (nSPS) is 10.1. The van der Waals surface area contributed by atoms with Gasteiger partial charge in [-0.1, -0.05) is 0 Å². The number of hydrogen-bond acceptors (Lipinski definition) is 3. The molecule has 1 aromatic heterocycles. The van der Waals surface area contributed by atoms with Crippen LogP contribution in [0.5, 0.6) is 17.4 Å². The number of hydrogen-bond donors (Lipinski definition) is 0. The van der Waals surface area contributed by atoms with Crippen molar-refractivity contribution in [3.8, 4) is 17.4 Å². The second kappa shape index (κ2) is 5.51. The first-order chi connectivity index (χ1) is 8.20. The molecular weight excluding hydrogens is 350 g/mol. The maximum atomic E-state index is 5.68. The number of rotatable bonds is 3. The largest absolute Gasteiger partial charge is 0.497 e. The van der Waals surface area contributed by atoms with Gasteiger partial charge in [-0.15, -0.1) is 0 Å². The van der Waals surface area contributed by atoms with E-state index in [1.54, 1.807) is 13.3 Å². The fourth-order valence-corrected chi connectivity index (χ4v) is 2.02. The van der Waals surface area contributed by atoms with E-state index in [9.17, 15) is 0 Å². The van der Waals surface area contributed by atoms with Crippen molar-refractivity contribution < 1.29 is 9.47 Å². The van der Waals surface area contributed by atoms with Gasteiger partial charge in [-0.05, 0) is 62.2 Å². The quantitative estimate of drug-likeness (QED) is 0.814. The summed E-state index contributed by atoms with van der Waals surface area (Å²) >= 11 is 6.80. The molecule has 0 saturated carbocycles. The molecule has 17 heavy (non-hydrogen) atoms. The molecule has 1 aromatic carbocycles. The van der Waals surface area contributed by atoms with Gasteiger partial charge < -0.3 is 9.47 Å². The third-order valence-corrected chi connectivity index (χ3v) is 3.29. The minimum absolute atomic E-state index is 0.526. The van der Waals surface area contributed by atoms with Gasteiger partial charge in [0.15, 0.2) is 0 Å². The van der Waals surface area contributed by atoms with E-state index < -0.39 is 0 Å². The van der Waals surface area contributed by atoms with Gasteiger partial charge in [-0.2, -0.15) is 0 Å². The Bertz CT molecular complexity index is 532. The molecule has 3 nitrogen and oxygen atoms in total. The molecule has 0 radical (unpaired) electrons. The Morgan fingerprint density at radius 3 is 2.59 bits per heavy atom. The van der Waals surface area contributed by atoms with Crippen molar-refractivity contribution in [3.63, 3.8) is 0 Å². The average molecular weight is 359 g/mol. The number of methoxy groups -OCH3 is 1. The number of nitrogens with zero attached hydrogens (tertiary/aromatic N) is 1. The highest BCUT2D eigenvalue weighted by molar-refractivity contribution is 9.11. The minimum Gasteiger partial charge on any atom is -0.497 e. The molecule has 0 fully saturated rings. The summed E-state index contributed by atoms with van der Waals surface area (Å²) in [6, 6.07) is 9.20. The zero-order chi connectivity index (χ0) is 12.3. The van der Waals surface area contributed by atoms with E-state index in [-0.39, 0.29) is 0 Å². The lowest BCUT2D eigenvalue weighted by molar-refractivity contribution is 0.411. The summed E-state index contributed by atoms with van der Waals surface area (Å²) in [5.41, 5.74) is 0. The van der Waals surface area contributed by atoms with Gasteiger partial charge in [-0.25, -0.2) is 4.98 Å². The molecule has 1 heterocycles. The van der Waals surface area contributed by atoms with Gasteiger partial charge in [0.1, 0.15) is 11.5 Å². The molecule has 5 heteroatoms. The van der Waals surface area contributed by atoms with E-state index in [2.05, 4.69) is 36.8 Å². The summed E-state index contributed by atoms with van der Waals surface area (Å²) in [5.74, 6) is 1.98. The van der Waals surface area contributed by atoms with Gasteiger partial charge >= 0.3 is 0 Å². The zero-order valence-corrected chi connectivity index (χ0v) is 12.2. The van der Waals surface area contributed by atoms with Gasteiger partial charge in [0, 0.05) is 6.20 Å². The predicted octanol–water partition coefficient (Wildman–Crippen LogP) is 4.41. The van der Waals surface area contributed by atoms with E-state index in [4.69, 9.17) is 9.47 Å². The molecule has 2 rings (SSSR count). The Morgan fingerprint density at radius 2 is 1.94 bits per heavy atom. The van der Waals surface area contributed by atoms with Crippen LogP contribution >= 0.6 is 31.9 Å². The monoisotopic (exact) mass is 357 g/mol. The van der Waals surface area contributed by atoms with E-state index in [0.29, 0.717) is 11.6 Å². The molecule has 0 N–H and O–H groups in total. The topological polar surface area (TPSA) is 31.4 Å². The van der Waals surface area contributed by atoms with Gasteiger partial charge in [0.05, 0.1) is 16.1 Å². The molecule has 0 atom stereocenters. The lowest BCUT2D eigenvalue weighted by Gasteiger charge is -2.09. The molecule has 0 spiro atoms. The lowest BCUT2D eigenvalue weighted by Crippen LogP contribution is -1.90. The van der Waals surface area contributed by atoms with E-state index in [0.717, 1.165) is 14.7 Å². The highest BCUT2D eigenvalue weighted by Crippen LogP contribution is 2.34. The van der Waals surface area contributed by atoms with E-state index >= 15 is 0 Å². The summed E-state index contributed by atoms with van der Waals surface area (Å²) in [7, 11) is 1.62. The maximum Gasteiger partial charge on any atom is 0.233 e. The molecule has 0 aliphatic rings. The van der Waals surface area contributed by atoms with Gasteiger partial charge in [0.2, 0.25) is 5.88 Å². The van der Waals surface area contributed by atoms with Crippen molar-refractivity contribution in [1.82, 2.24) is 4.98 Å². The second-order valence-electron chi connectivity index (χ2n) is 3.19. The Kier molecular flexibility index (Phi) is 4.02. The van der Waals surface area contributed by atoms with Crippen LogP contribution in [0, 0.1) is 0 Å². The van der Waals surface area contributed by atoms with Crippen molar-refractivity contribution in [2.45, 2.75) is 0 Å². The van der Waals surface area contributed by atoms with Crippen molar-refractivity contribution >= 4 is 31.9 Å². The number of aromatic nitrogens is 1. The van der Waals surface area contributed by atoms with Crippen LogP contribution in [0.4, 0.5) is 0 Å². The van der Waals surface area contributed by atoms with Crippen LogP contribution in [0.1, 0.15) is 0 Å². The lowest BCUT2D eigenvalue weighted by atomic mass is 10.3. The van der Waals surface area contributed by atoms with Crippen LogP contribution in [0.25, 0.3) is 0 Å². The molecule has 2 aromatic rings. The molecule has 0 amide bonds. The first kappa shape index (κ1) is 12.4. The van der Waals surface area contributed by atoms with Crippen molar-refractivity contribution in [3.05, 3.63) is 45.5 Å². The van der Waals surface area contributed by atoms with Crippen LogP contribution in [0.15, 0.2) is 45.5 Å². The number of pyridine rings is 1. The number of halogens is 2. The second-order valence-corrected chi connectivity index (χ2v) is 4.90. The molecule has 0 aliphatic heterocycles. The fraction of sp³-hybridized carbons (Fsp3) is 0.0833. The Morgan fingerprint density at radius 1 is 1.12 bits per heavy atom. The Balaban J connectivity index is 2.28. The molecule has 0 unspecified atom stereocenters. The minimum atomic E-state index is 0.526. The summed E-state index contributed by atoms with van der Waals surface area (Å²) in [6.45, 7) is 0. The van der Waals surface area contributed by atoms with Crippen molar-refractivity contribution in [1.29, 1.82) is 0 Å². The van der Waals surface area contributed by atoms with E-state index in [1.807, 2.05) is 30.3 Å². The smallest absolute Gasteiger partial charge is 0.233 e. The Labute approximate surface area is 116 Å². The first-order valence-corrected chi connectivity index (χ1v) is 6.41. The SMILES string of the molecule is COc1ccc(Oc2ncccc2Br)c(Br)c1. The highest BCUT2D eigenvalue weighted by Gasteiger charge is 2.07. The average Bonchev–Trinajstić information content (AvgIpc) is 2.34. The summed E-state index contributed by atoms with van der Waals surface area (Å²) in [4.78, 5) is 4.14. The standard InChI is InChI=1S/C12H9Br2NO2/c1-16-8-4-5-11(10(14)7-8)17-12-9(13)3-2-6-15-12/h2-7H,1H3. The van der Waals surface area contributed by atoms with Crippen LogP contribution < -0.4 is 9.47 Å². The zero-order valence-electron chi connectivity index (χ0n) is 8.98. The fourth-order valence-electron chi connectivity index (χ4n) is 1.24. The van der Waals surface area contributed by atoms with E-state index in [1.165, 1.54) is 0 Å². The van der Waals surface area contributed by atoms with Gasteiger partial charge in [0.25, 0.3) is 0 Å². The summed E-state index contributed by atoms with van der Waals surface area (Å²) in [6.07, 6.45) is 1.68. The van der Waals surface area contributed by atoms with Crippen LogP contribution in [0.3, 0.4) is 0 Å². The third kappa shape index (κ3) is 2.98. The summed E-state index contributed by atoms with van der Waals surface area (Å²) in [5, 5.41) is 0. The Hall–Kier alpha value is -1.07. The number of ether oxygens (including phenoxy) is 2. The van der Waals surface area contributed by atoms with Gasteiger partial charge in [-0.3, -0.25) is 0 Å². The number of benzene rings is 1. The molecule has 0 bridgehead atoms. The van der Waals surface area contributed by atoms with Crippen molar-refractivity contribution in [2.75, 3.05) is 7.11 Å². The predicted molar refractivity (Wildman–Crippen MR) is 72.7 cm³/mol. The first-order valence-electron chi connectivity index (χ1n) is 4.82. The van der Waals surface area contributed by atoms with Crippen LogP contribution in [0.2, 0.25) is 0 Å². The van der Waals surface area contributed by atoms with Crippen LogP contribution in [-0.4, -0.2) is 12.1 Å². The molecule has 88 valence electrons. The maximum absolute atomic E-state index is 5.68. The van der Waals surface area contributed by atoms with Crippen LogP contribution in [-0.2, 0) is 0 Å². The third-order valence-electron chi connectivity index (χ3n) is 2.07. The molecular formula is C12H9Br2NO2.